The number of hydrogen-bond acceptors (Lipinski definition) is 5. The smallest absolute Gasteiger partial charge is 0.271 e. The molecule has 4 aromatic carbocycles. The normalized spacial score (nSPS) is 11.4. The molecule has 0 saturated heterocycles. The highest BCUT2D eigenvalue weighted by molar-refractivity contribution is 8.00. The maximum Gasteiger partial charge on any atom is 0.271 e. The van der Waals surface area contributed by atoms with E-state index < -0.39 is 10.2 Å². The first-order valence-corrected chi connectivity index (χ1v) is 12.5. The minimum atomic E-state index is -0.630. The molecule has 186 valence electrons. The molecule has 1 unspecified atom stereocenters. The average Bonchev–Trinajstić information content (AvgIpc) is 2.89. The number of nitrogens with one attached hydrogen (secondary N) is 2. The highest BCUT2D eigenvalue weighted by atomic mass is 32.2. The van der Waals surface area contributed by atoms with Crippen LogP contribution in [0.4, 0.5) is 17.1 Å². The second-order valence-corrected chi connectivity index (χ2v) is 9.57. The van der Waals surface area contributed by atoms with E-state index in [4.69, 9.17) is 0 Å². The van der Waals surface area contributed by atoms with E-state index in [9.17, 15) is 19.7 Å². The quantitative estimate of drug-likeness (QED) is 0.151. The van der Waals surface area contributed by atoms with Gasteiger partial charge in [0.1, 0.15) is 5.25 Å². The molecule has 0 heterocycles. The molecule has 7 nitrogen and oxygen atoms in total. The van der Waals surface area contributed by atoms with Crippen molar-refractivity contribution in [1.29, 1.82) is 0 Å². The summed E-state index contributed by atoms with van der Waals surface area (Å²) in [5, 5.41) is 16.4. The summed E-state index contributed by atoms with van der Waals surface area (Å²) < 4.78 is 0. The number of anilines is 2. The Morgan fingerprint density at radius 1 is 0.865 bits per heavy atom. The highest BCUT2D eigenvalue weighted by Gasteiger charge is 2.23. The van der Waals surface area contributed by atoms with E-state index >= 15 is 0 Å². The van der Waals surface area contributed by atoms with Crippen molar-refractivity contribution in [3.05, 3.63) is 130 Å². The summed E-state index contributed by atoms with van der Waals surface area (Å²) in [6.07, 6.45) is 0.260. The number of nitro benzene ring substituents is 1. The number of thioether (sulfide) groups is 1. The first kappa shape index (κ1) is 25.7. The van der Waals surface area contributed by atoms with Crippen LogP contribution >= 0.6 is 11.8 Å². The third-order valence-electron chi connectivity index (χ3n) is 5.61. The molecule has 0 aliphatic carbocycles. The van der Waals surface area contributed by atoms with Gasteiger partial charge in [-0.15, -0.1) is 11.8 Å². The molecule has 4 rings (SSSR count). The van der Waals surface area contributed by atoms with Crippen molar-refractivity contribution in [3.8, 4) is 0 Å². The Morgan fingerprint density at radius 2 is 1.57 bits per heavy atom. The number of carbonyl (C=O) groups is 2. The van der Waals surface area contributed by atoms with Crippen LogP contribution in [0.3, 0.4) is 0 Å². The summed E-state index contributed by atoms with van der Waals surface area (Å²) in [6, 6.07) is 30.5. The van der Waals surface area contributed by atoms with Crippen LogP contribution in [0.25, 0.3) is 0 Å². The number of carbonyl (C=O) groups excluding carboxylic acids is 2. The molecule has 0 aliphatic rings. The molecule has 0 radical (unpaired) electrons. The molecule has 37 heavy (non-hydrogen) atoms. The van der Waals surface area contributed by atoms with Gasteiger partial charge in [0, 0.05) is 22.7 Å². The summed E-state index contributed by atoms with van der Waals surface area (Å²) in [4.78, 5) is 37.5. The number of hydrogen-bond donors (Lipinski definition) is 2. The zero-order chi connectivity index (χ0) is 26.2. The first-order valence-electron chi connectivity index (χ1n) is 11.6. The number of benzene rings is 4. The Balaban J connectivity index is 1.53. The van der Waals surface area contributed by atoms with Crippen LogP contribution in [-0.2, 0) is 16.0 Å². The lowest BCUT2D eigenvalue weighted by Gasteiger charge is -2.18. The van der Waals surface area contributed by atoms with Gasteiger partial charge in [0.25, 0.3) is 5.69 Å². The van der Waals surface area contributed by atoms with Gasteiger partial charge in [0.2, 0.25) is 11.8 Å². The van der Waals surface area contributed by atoms with E-state index in [-0.39, 0.29) is 23.9 Å². The third-order valence-corrected chi connectivity index (χ3v) is 6.86. The minimum absolute atomic E-state index is 0.0937. The van der Waals surface area contributed by atoms with E-state index in [1.807, 2.05) is 78.9 Å². The van der Waals surface area contributed by atoms with Crippen LogP contribution in [0.2, 0.25) is 0 Å². The zero-order valence-corrected chi connectivity index (χ0v) is 20.9. The number of nitro groups is 1. The fourth-order valence-corrected chi connectivity index (χ4v) is 4.81. The lowest BCUT2D eigenvalue weighted by atomic mass is 10.1. The average molecular weight is 512 g/mol. The Bertz CT molecular complexity index is 1410. The molecule has 0 fully saturated rings. The fourth-order valence-electron chi connectivity index (χ4n) is 3.73. The monoisotopic (exact) mass is 511 g/mol. The summed E-state index contributed by atoms with van der Waals surface area (Å²) in [6.45, 7) is 1.78. The SMILES string of the molecule is Cc1ccc([N+](=O)[O-])cc1NC(=O)C(Sc1cccc(NC(=O)Cc2ccccc2)c1)c1ccccc1. The minimum Gasteiger partial charge on any atom is -0.326 e. The Kier molecular flexibility index (Phi) is 8.33. The molecule has 8 heteroatoms. The van der Waals surface area contributed by atoms with Gasteiger partial charge in [-0.25, -0.2) is 0 Å². The lowest BCUT2D eigenvalue weighted by Crippen LogP contribution is -2.19. The number of amides is 2. The van der Waals surface area contributed by atoms with Crippen molar-refractivity contribution in [2.45, 2.75) is 23.5 Å². The second-order valence-electron chi connectivity index (χ2n) is 8.39. The van der Waals surface area contributed by atoms with E-state index in [1.165, 1.54) is 23.9 Å². The van der Waals surface area contributed by atoms with Gasteiger partial charge in [-0.2, -0.15) is 0 Å². The van der Waals surface area contributed by atoms with E-state index in [2.05, 4.69) is 10.6 Å². The van der Waals surface area contributed by atoms with Gasteiger partial charge in [-0.05, 0) is 41.8 Å². The zero-order valence-electron chi connectivity index (χ0n) is 20.1. The van der Waals surface area contributed by atoms with Gasteiger partial charge in [-0.3, -0.25) is 19.7 Å². The van der Waals surface area contributed by atoms with Crippen molar-refractivity contribution in [2.24, 2.45) is 0 Å². The topological polar surface area (TPSA) is 101 Å². The molecule has 2 N–H and O–H groups in total. The standard InChI is InChI=1S/C29H25N3O4S/c1-20-15-16-24(32(35)36)19-26(20)31-29(34)28(22-11-6-3-7-12-22)37-25-14-8-13-23(18-25)30-27(33)17-21-9-4-2-5-10-21/h2-16,18-19,28H,17H2,1H3,(H,30,33)(H,31,34). The predicted molar refractivity (Wildman–Crippen MR) is 147 cm³/mol. The number of nitrogens with zero attached hydrogens (tertiary/aromatic N) is 1. The summed E-state index contributed by atoms with van der Waals surface area (Å²) in [5.41, 5.74) is 3.35. The van der Waals surface area contributed by atoms with Crippen LogP contribution in [0.5, 0.6) is 0 Å². The Morgan fingerprint density at radius 3 is 2.27 bits per heavy atom. The molecule has 0 bridgehead atoms. The summed E-state index contributed by atoms with van der Waals surface area (Å²) in [5.74, 6) is -0.440. The van der Waals surface area contributed by atoms with E-state index in [1.54, 1.807) is 19.1 Å². The molecule has 0 aliphatic heterocycles. The number of non-ortho nitro benzene ring substituents is 1. The first-order chi connectivity index (χ1) is 17.9. The molecule has 0 saturated carbocycles. The van der Waals surface area contributed by atoms with Gasteiger partial charge < -0.3 is 10.6 Å². The van der Waals surface area contributed by atoms with Gasteiger partial charge in [-0.1, -0.05) is 72.8 Å². The van der Waals surface area contributed by atoms with Crippen LogP contribution < -0.4 is 10.6 Å². The molecule has 1 atom stereocenters. The van der Waals surface area contributed by atoms with Crippen molar-refractivity contribution in [3.63, 3.8) is 0 Å². The summed E-state index contributed by atoms with van der Waals surface area (Å²) >= 11 is 1.33. The molecule has 0 spiro atoms. The maximum absolute atomic E-state index is 13.4. The summed E-state index contributed by atoms with van der Waals surface area (Å²) in [7, 11) is 0. The van der Waals surface area contributed by atoms with Gasteiger partial charge in [0.15, 0.2) is 0 Å². The van der Waals surface area contributed by atoms with Crippen LogP contribution in [0.1, 0.15) is 21.9 Å². The molecular weight excluding hydrogens is 486 g/mol. The maximum atomic E-state index is 13.4. The molecule has 4 aromatic rings. The lowest BCUT2D eigenvalue weighted by molar-refractivity contribution is -0.384. The molecular formula is C29H25N3O4S. The van der Waals surface area contributed by atoms with Crippen LogP contribution in [0, 0.1) is 17.0 Å². The van der Waals surface area contributed by atoms with Crippen LogP contribution in [0.15, 0.2) is 108 Å². The number of aryl methyl sites for hydroxylation is 1. The van der Waals surface area contributed by atoms with Crippen molar-refractivity contribution < 1.29 is 14.5 Å². The molecule has 2 amide bonds. The van der Waals surface area contributed by atoms with Gasteiger partial charge >= 0.3 is 0 Å². The van der Waals surface area contributed by atoms with Crippen molar-refractivity contribution in [1.82, 2.24) is 0 Å². The van der Waals surface area contributed by atoms with Crippen molar-refractivity contribution >= 4 is 40.6 Å². The Hall–Kier alpha value is -4.43. The second kappa shape index (κ2) is 12.0. The van der Waals surface area contributed by atoms with E-state index in [0.717, 1.165) is 21.6 Å². The van der Waals surface area contributed by atoms with Crippen molar-refractivity contribution in [2.75, 3.05) is 10.6 Å². The molecule has 0 aromatic heterocycles. The fraction of sp³-hybridized carbons (Fsp3) is 0.103. The number of rotatable bonds is 9. The Labute approximate surface area is 219 Å². The van der Waals surface area contributed by atoms with Gasteiger partial charge in [0.05, 0.1) is 17.0 Å². The van der Waals surface area contributed by atoms with E-state index in [0.29, 0.717) is 11.4 Å². The largest absolute Gasteiger partial charge is 0.326 e. The highest BCUT2D eigenvalue weighted by Crippen LogP contribution is 2.37. The third kappa shape index (κ3) is 7.05. The predicted octanol–water partition coefficient (Wildman–Crippen LogP) is 6.56. The van der Waals surface area contributed by atoms with Crippen LogP contribution in [-0.4, -0.2) is 16.7 Å².